The van der Waals surface area contributed by atoms with Crippen LogP contribution in [-0.4, -0.2) is 61.9 Å². The van der Waals surface area contributed by atoms with Crippen LogP contribution in [0.15, 0.2) is 65.8 Å². The summed E-state index contributed by atoms with van der Waals surface area (Å²) >= 11 is 6.11. The van der Waals surface area contributed by atoms with Crippen molar-refractivity contribution in [2.45, 2.75) is 38.6 Å². The maximum atomic E-state index is 15.3. The van der Waals surface area contributed by atoms with Gasteiger partial charge in [0, 0.05) is 29.4 Å². The van der Waals surface area contributed by atoms with E-state index in [9.17, 15) is 14.4 Å². The van der Waals surface area contributed by atoms with Crippen LogP contribution in [0.4, 0.5) is 15.8 Å². The Balaban J connectivity index is 1.27. The molecule has 3 aliphatic rings. The summed E-state index contributed by atoms with van der Waals surface area (Å²) < 4.78 is 26.7. The number of piperidine rings is 1. The zero-order valence-electron chi connectivity index (χ0n) is 27.6. The monoisotopic (exact) mass is 703 g/mol. The van der Waals surface area contributed by atoms with E-state index in [2.05, 4.69) is 26.8 Å². The predicted octanol–water partition coefficient (Wildman–Crippen LogP) is 4.97. The van der Waals surface area contributed by atoms with Crippen molar-refractivity contribution in [2.75, 3.05) is 43.2 Å². The van der Waals surface area contributed by atoms with Crippen molar-refractivity contribution in [3.63, 3.8) is 0 Å². The number of halogens is 2. The summed E-state index contributed by atoms with van der Waals surface area (Å²) in [7, 11) is 0. The average Bonchev–Trinajstić information content (AvgIpc) is 3.67. The molecule has 1 atom stereocenters. The third-order valence-corrected chi connectivity index (χ3v) is 9.28. The normalized spacial score (nSPS) is 17.4. The van der Waals surface area contributed by atoms with Crippen LogP contribution >= 0.6 is 11.6 Å². The number of carbonyl (C=O) groups excluding carboxylic acids is 3. The third kappa shape index (κ3) is 7.91. The van der Waals surface area contributed by atoms with Gasteiger partial charge in [0.2, 0.25) is 5.91 Å². The number of nitrogens with zero attached hydrogens (tertiary/aromatic N) is 3. The van der Waals surface area contributed by atoms with Gasteiger partial charge in [0.1, 0.15) is 18.1 Å². The van der Waals surface area contributed by atoms with Gasteiger partial charge in [-0.05, 0) is 106 Å². The highest BCUT2D eigenvalue weighted by Gasteiger charge is 2.37. The van der Waals surface area contributed by atoms with E-state index in [0.717, 1.165) is 37.9 Å². The van der Waals surface area contributed by atoms with Gasteiger partial charge in [-0.1, -0.05) is 23.7 Å². The summed E-state index contributed by atoms with van der Waals surface area (Å²) in [6.07, 6.45) is 7.60. The standard InChI is InChI=1S/C36H39ClFN7O5/c1-2-49-36(48)24-6-8-25(9-7-24)41-35(47)34-27-4-3-5-31(50-21-17-23-14-18-39-19-15-23)26(27)16-20-44(34)32(46)13-10-28-30(45-22-40-42-43-45)12-11-29(37)33(28)38/h3-13,22-23,34,39,42-43H,2,14-21H2,1H3,(H,41,47)/b13-10+/t34-/m1/s1. The summed E-state index contributed by atoms with van der Waals surface area (Å²) in [5, 5.41) is 11.5. The Morgan fingerprint density at radius 1 is 1.10 bits per heavy atom. The Hall–Kier alpha value is -4.98. The molecule has 6 rings (SSSR count). The number of amides is 2. The molecule has 2 amide bonds. The van der Waals surface area contributed by atoms with E-state index in [-0.39, 0.29) is 23.7 Å². The predicted molar refractivity (Wildman–Crippen MR) is 189 cm³/mol. The number of fused-ring (bicyclic) bond motifs is 1. The van der Waals surface area contributed by atoms with Crippen LogP contribution in [0.1, 0.15) is 59.3 Å². The number of ether oxygens (including phenoxy) is 2. The van der Waals surface area contributed by atoms with Crippen molar-refractivity contribution in [1.29, 1.82) is 0 Å². The van der Waals surface area contributed by atoms with Gasteiger partial charge in [-0.3, -0.25) is 9.59 Å². The highest BCUT2D eigenvalue weighted by Crippen LogP contribution is 2.37. The number of benzene rings is 3. The molecule has 50 heavy (non-hydrogen) atoms. The maximum Gasteiger partial charge on any atom is 0.338 e. The molecule has 0 saturated carbocycles. The van der Waals surface area contributed by atoms with Crippen molar-refractivity contribution in [2.24, 2.45) is 11.0 Å². The number of carbonyl (C=O) groups is 3. The first-order valence-electron chi connectivity index (χ1n) is 16.7. The molecular weight excluding hydrogens is 665 g/mol. The number of hydrazone groups is 1. The van der Waals surface area contributed by atoms with Crippen LogP contribution in [-0.2, 0) is 20.7 Å². The van der Waals surface area contributed by atoms with Crippen LogP contribution < -0.4 is 31.4 Å². The summed E-state index contributed by atoms with van der Waals surface area (Å²) in [5.41, 5.74) is 8.00. The zero-order chi connectivity index (χ0) is 35.0. The summed E-state index contributed by atoms with van der Waals surface area (Å²) in [6.45, 7) is 4.75. The lowest BCUT2D eigenvalue weighted by atomic mass is 9.90. The van der Waals surface area contributed by atoms with Gasteiger partial charge in [0.25, 0.3) is 5.91 Å². The molecule has 3 heterocycles. The minimum absolute atomic E-state index is 0.0537. The molecule has 3 aliphatic heterocycles. The first-order chi connectivity index (χ1) is 24.3. The smallest absolute Gasteiger partial charge is 0.338 e. The van der Waals surface area contributed by atoms with Crippen LogP contribution in [0.5, 0.6) is 5.75 Å². The number of esters is 1. The molecule has 14 heteroatoms. The van der Waals surface area contributed by atoms with Gasteiger partial charge in [0.15, 0.2) is 5.82 Å². The molecule has 4 N–H and O–H groups in total. The van der Waals surface area contributed by atoms with E-state index < -0.39 is 29.6 Å². The second-order valence-corrected chi connectivity index (χ2v) is 12.5. The topological polar surface area (TPSA) is 137 Å². The van der Waals surface area contributed by atoms with Gasteiger partial charge in [-0.2, -0.15) is 5.10 Å². The van der Waals surface area contributed by atoms with E-state index in [1.54, 1.807) is 37.3 Å². The molecule has 0 unspecified atom stereocenters. The molecule has 0 bridgehead atoms. The van der Waals surface area contributed by atoms with E-state index in [1.807, 2.05) is 18.2 Å². The van der Waals surface area contributed by atoms with E-state index in [0.29, 0.717) is 47.2 Å². The van der Waals surface area contributed by atoms with Crippen molar-refractivity contribution in [3.8, 4) is 5.75 Å². The number of anilines is 2. The Bertz CT molecular complexity index is 1780. The summed E-state index contributed by atoms with van der Waals surface area (Å²) in [4.78, 5) is 41.7. The Kier molecular flexibility index (Phi) is 11.3. The first-order valence-corrected chi connectivity index (χ1v) is 17.0. The molecule has 3 aromatic rings. The minimum atomic E-state index is -1.03. The average molecular weight is 704 g/mol. The fraction of sp³-hybridized carbons (Fsp3) is 0.333. The molecular formula is C36H39ClFN7O5. The van der Waals surface area contributed by atoms with Crippen molar-refractivity contribution >= 4 is 53.2 Å². The quantitative estimate of drug-likeness (QED) is 0.161. The van der Waals surface area contributed by atoms with Crippen molar-refractivity contribution in [3.05, 3.63) is 93.8 Å². The van der Waals surface area contributed by atoms with Crippen molar-refractivity contribution < 1.29 is 28.2 Å². The molecule has 1 fully saturated rings. The van der Waals surface area contributed by atoms with Crippen LogP contribution in [0.3, 0.4) is 0 Å². The van der Waals surface area contributed by atoms with Gasteiger partial charge >= 0.3 is 5.97 Å². The van der Waals surface area contributed by atoms with Gasteiger partial charge in [-0.25, -0.2) is 19.7 Å². The number of rotatable bonds is 11. The SMILES string of the molecule is CCOC(=O)c1ccc(NC(=O)[C@H]2c3cccc(OCCC4CCNCC4)c3CCN2C(=O)/C=C/c2c(N3C=NNN3)ccc(Cl)c2F)cc1. The Morgan fingerprint density at radius 3 is 2.64 bits per heavy atom. The maximum absolute atomic E-state index is 15.3. The van der Waals surface area contributed by atoms with Crippen LogP contribution in [0.25, 0.3) is 6.08 Å². The zero-order valence-corrected chi connectivity index (χ0v) is 28.3. The fourth-order valence-corrected chi connectivity index (χ4v) is 6.57. The number of hydrazine groups is 2. The fourth-order valence-electron chi connectivity index (χ4n) is 6.41. The molecule has 0 radical (unpaired) electrons. The molecule has 12 nitrogen and oxygen atoms in total. The highest BCUT2D eigenvalue weighted by atomic mass is 35.5. The number of nitrogens with one attached hydrogen (secondary N) is 4. The summed E-state index contributed by atoms with van der Waals surface area (Å²) in [6, 6.07) is 13.9. The van der Waals surface area contributed by atoms with E-state index >= 15 is 4.39 Å². The molecule has 0 aromatic heterocycles. The van der Waals surface area contributed by atoms with Crippen molar-refractivity contribution in [1.82, 2.24) is 21.3 Å². The van der Waals surface area contributed by atoms with E-state index in [1.165, 1.54) is 34.5 Å². The van der Waals surface area contributed by atoms with Crippen LogP contribution in [0, 0.1) is 11.7 Å². The highest BCUT2D eigenvalue weighted by molar-refractivity contribution is 6.31. The van der Waals surface area contributed by atoms with Gasteiger partial charge in [-0.15, -0.1) is 5.53 Å². The molecule has 0 spiro atoms. The lowest BCUT2D eigenvalue weighted by Gasteiger charge is -2.36. The second kappa shape index (κ2) is 16.2. The van der Waals surface area contributed by atoms with E-state index in [4.69, 9.17) is 21.1 Å². The molecule has 0 aliphatic carbocycles. The third-order valence-electron chi connectivity index (χ3n) is 8.99. The van der Waals surface area contributed by atoms with Gasteiger partial charge in [0.05, 0.1) is 29.5 Å². The lowest BCUT2D eigenvalue weighted by molar-refractivity contribution is -0.135. The number of hydrogen-bond donors (Lipinski definition) is 4. The molecule has 262 valence electrons. The Morgan fingerprint density at radius 2 is 1.90 bits per heavy atom. The Labute approximate surface area is 294 Å². The van der Waals surface area contributed by atoms with Gasteiger partial charge < -0.3 is 25.0 Å². The minimum Gasteiger partial charge on any atom is -0.493 e. The largest absolute Gasteiger partial charge is 0.493 e. The van der Waals surface area contributed by atoms with Crippen LogP contribution in [0.2, 0.25) is 5.02 Å². The molecule has 3 aromatic carbocycles. The first kappa shape index (κ1) is 34.9. The molecule has 1 saturated heterocycles. The lowest BCUT2D eigenvalue weighted by Crippen LogP contribution is -2.45. The number of hydrogen-bond acceptors (Lipinski definition) is 10. The summed E-state index contributed by atoms with van der Waals surface area (Å²) in [5.74, 6) is -0.857. The second-order valence-electron chi connectivity index (χ2n) is 12.1.